The van der Waals surface area contributed by atoms with Gasteiger partial charge in [-0.15, -0.1) is 0 Å². The van der Waals surface area contributed by atoms with Gasteiger partial charge in [0.25, 0.3) is 0 Å². The number of methoxy groups -OCH3 is 2. The van der Waals surface area contributed by atoms with Crippen LogP contribution in [0.4, 0.5) is 0 Å². The average Bonchev–Trinajstić information content (AvgIpc) is 2.44. The summed E-state index contributed by atoms with van der Waals surface area (Å²) in [6, 6.07) is 5.61. The van der Waals surface area contributed by atoms with E-state index in [9.17, 15) is 4.79 Å². The number of hydrogen-bond acceptors (Lipinski definition) is 5. The summed E-state index contributed by atoms with van der Waals surface area (Å²) in [4.78, 5) is 13.7. The first-order valence-electron chi connectivity index (χ1n) is 6.57. The van der Waals surface area contributed by atoms with Gasteiger partial charge >= 0.3 is 5.97 Å². The van der Waals surface area contributed by atoms with Crippen molar-refractivity contribution in [3.05, 3.63) is 23.8 Å². The van der Waals surface area contributed by atoms with Crippen molar-refractivity contribution in [3.63, 3.8) is 0 Å². The van der Waals surface area contributed by atoms with Gasteiger partial charge in [-0.2, -0.15) is 0 Å². The Morgan fingerprint density at radius 2 is 1.85 bits per heavy atom. The number of carbonyl (C=O) groups is 1. The molecule has 1 atom stereocenters. The second-order valence-corrected chi connectivity index (χ2v) is 4.60. The Morgan fingerprint density at radius 1 is 1.20 bits per heavy atom. The first-order chi connectivity index (χ1) is 9.53. The molecule has 0 aliphatic rings. The molecule has 0 heterocycles. The zero-order valence-corrected chi connectivity index (χ0v) is 12.8. The molecule has 0 radical (unpaired) electrons. The van der Waals surface area contributed by atoms with Crippen LogP contribution in [0.5, 0.6) is 11.5 Å². The second kappa shape index (κ2) is 7.75. The summed E-state index contributed by atoms with van der Waals surface area (Å²) in [7, 11) is 7.05. The standard InChI is InChI=1S/C15H23NO4/c1-6-20-15(17)10-12(16(2)3)11-7-8-13(18-4)14(9-11)19-5/h7-9,12H,6,10H2,1-5H3. The molecule has 0 N–H and O–H groups in total. The van der Waals surface area contributed by atoms with Gasteiger partial charge in [0.2, 0.25) is 0 Å². The largest absolute Gasteiger partial charge is 0.493 e. The number of hydrogen-bond donors (Lipinski definition) is 0. The van der Waals surface area contributed by atoms with E-state index in [1.54, 1.807) is 21.1 Å². The van der Waals surface area contributed by atoms with E-state index in [0.29, 0.717) is 24.5 Å². The summed E-state index contributed by atoms with van der Waals surface area (Å²) in [5.74, 6) is 1.12. The zero-order chi connectivity index (χ0) is 15.1. The minimum atomic E-state index is -0.207. The van der Waals surface area contributed by atoms with Crippen molar-refractivity contribution < 1.29 is 19.0 Å². The van der Waals surface area contributed by atoms with Crippen molar-refractivity contribution in [3.8, 4) is 11.5 Å². The molecule has 0 saturated heterocycles. The fraction of sp³-hybridized carbons (Fsp3) is 0.533. The number of benzene rings is 1. The van der Waals surface area contributed by atoms with Gasteiger partial charge in [0.1, 0.15) is 0 Å². The van der Waals surface area contributed by atoms with Crippen LogP contribution in [0, 0.1) is 0 Å². The molecule has 1 aromatic carbocycles. The molecule has 112 valence electrons. The third-order valence-electron chi connectivity index (χ3n) is 3.08. The van der Waals surface area contributed by atoms with Crippen molar-refractivity contribution in [1.82, 2.24) is 4.90 Å². The lowest BCUT2D eigenvalue weighted by atomic mass is 10.0. The maximum atomic E-state index is 11.7. The average molecular weight is 281 g/mol. The molecule has 0 aliphatic carbocycles. The highest BCUT2D eigenvalue weighted by molar-refractivity contribution is 5.70. The van der Waals surface area contributed by atoms with Crippen LogP contribution in [0.2, 0.25) is 0 Å². The van der Waals surface area contributed by atoms with Gasteiger partial charge in [0, 0.05) is 6.04 Å². The number of carbonyl (C=O) groups excluding carboxylic acids is 1. The van der Waals surface area contributed by atoms with Crippen LogP contribution in [0.25, 0.3) is 0 Å². The van der Waals surface area contributed by atoms with Gasteiger partial charge in [0.05, 0.1) is 27.2 Å². The first kappa shape index (κ1) is 16.3. The van der Waals surface area contributed by atoms with E-state index in [4.69, 9.17) is 14.2 Å². The van der Waals surface area contributed by atoms with E-state index < -0.39 is 0 Å². The number of rotatable bonds is 7. The Bertz CT molecular complexity index is 445. The fourth-order valence-corrected chi connectivity index (χ4v) is 2.04. The maximum absolute atomic E-state index is 11.7. The molecule has 0 saturated carbocycles. The smallest absolute Gasteiger partial charge is 0.307 e. The molecule has 1 aromatic rings. The summed E-state index contributed by atoms with van der Waals surface area (Å²) in [6.45, 7) is 2.20. The zero-order valence-electron chi connectivity index (χ0n) is 12.8. The lowest BCUT2D eigenvalue weighted by molar-refractivity contribution is -0.144. The summed E-state index contributed by atoms with van der Waals surface area (Å²) in [6.07, 6.45) is 0.302. The van der Waals surface area contributed by atoms with Crippen LogP contribution in [-0.2, 0) is 9.53 Å². The Labute approximate surface area is 120 Å². The fourth-order valence-electron chi connectivity index (χ4n) is 2.04. The highest BCUT2D eigenvalue weighted by Gasteiger charge is 2.20. The summed E-state index contributed by atoms with van der Waals surface area (Å²) < 4.78 is 15.5. The molecular weight excluding hydrogens is 258 g/mol. The first-order valence-corrected chi connectivity index (χ1v) is 6.57. The lowest BCUT2D eigenvalue weighted by Gasteiger charge is -2.24. The van der Waals surface area contributed by atoms with Crippen LogP contribution in [0.1, 0.15) is 24.9 Å². The molecule has 20 heavy (non-hydrogen) atoms. The Morgan fingerprint density at radius 3 is 2.35 bits per heavy atom. The van der Waals surface area contributed by atoms with Crippen molar-refractivity contribution >= 4 is 5.97 Å². The van der Waals surface area contributed by atoms with Crippen molar-refractivity contribution in [2.75, 3.05) is 34.9 Å². The molecule has 1 unspecified atom stereocenters. The Balaban J connectivity index is 3.00. The molecule has 1 rings (SSSR count). The SMILES string of the molecule is CCOC(=O)CC(c1ccc(OC)c(OC)c1)N(C)C. The monoisotopic (exact) mass is 281 g/mol. The van der Waals surface area contributed by atoms with Gasteiger partial charge in [-0.1, -0.05) is 6.07 Å². The van der Waals surface area contributed by atoms with Crippen LogP contribution in [0.3, 0.4) is 0 Å². The third-order valence-corrected chi connectivity index (χ3v) is 3.08. The Hall–Kier alpha value is -1.75. The van der Waals surface area contributed by atoms with Crippen molar-refractivity contribution in [1.29, 1.82) is 0 Å². The van der Waals surface area contributed by atoms with Crippen molar-refractivity contribution in [2.45, 2.75) is 19.4 Å². The minimum absolute atomic E-state index is 0.0612. The predicted octanol–water partition coefficient (Wildman–Crippen LogP) is 2.26. The topological polar surface area (TPSA) is 48.0 Å². The molecule has 0 aliphatic heterocycles. The van der Waals surface area contributed by atoms with Gasteiger partial charge in [-0.3, -0.25) is 4.79 Å². The molecule has 5 heteroatoms. The van der Waals surface area contributed by atoms with E-state index >= 15 is 0 Å². The lowest BCUT2D eigenvalue weighted by Crippen LogP contribution is -2.23. The summed E-state index contributed by atoms with van der Waals surface area (Å²) >= 11 is 0. The Kier molecular flexibility index (Phi) is 6.31. The molecule has 5 nitrogen and oxygen atoms in total. The second-order valence-electron chi connectivity index (χ2n) is 4.60. The molecule has 0 spiro atoms. The van der Waals surface area contributed by atoms with Crippen molar-refractivity contribution in [2.24, 2.45) is 0 Å². The van der Waals surface area contributed by atoms with Crippen LogP contribution >= 0.6 is 0 Å². The molecule has 0 fully saturated rings. The quantitative estimate of drug-likeness (QED) is 0.717. The van der Waals surface area contributed by atoms with E-state index in [-0.39, 0.29) is 12.0 Å². The minimum Gasteiger partial charge on any atom is -0.493 e. The number of esters is 1. The van der Waals surface area contributed by atoms with E-state index in [1.807, 2.05) is 37.2 Å². The molecule has 0 amide bonds. The number of nitrogens with zero attached hydrogens (tertiary/aromatic N) is 1. The highest BCUT2D eigenvalue weighted by Crippen LogP contribution is 2.32. The summed E-state index contributed by atoms with van der Waals surface area (Å²) in [5, 5.41) is 0. The van der Waals surface area contributed by atoms with Crippen LogP contribution in [-0.4, -0.2) is 45.8 Å². The normalized spacial score (nSPS) is 12.1. The van der Waals surface area contributed by atoms with Gasteiger partial charge in [0.15, 0.2) is 11.5 Å². The van der Waals surface area contributed by atoms with Crippen LogP contribution < -0.4 is 9.47 Å². The highest BCUT2D eigenvalue weighted by atomic mass is 16.5. The van der Waals surface area contributed by atoms with Gasteiger partial charge < -0.3 is 19.1 Å². The van der Waals surface area contributed by atoms with Crippen LogP contribution in [0.15, 0.2) is 18.2 Å². The molecule has 0 bridgehead atoms. The van der Waals surface area contributed by atoms with Gasteiger partial charge in [-0.25, -0.2) is 0 Å². The molecule has 0 aromatic heterocycles. The van der Waals surface area contributed by atoms with E-state index in [0.717, 1.165) is 5.56 Å². The van der Waals surface area contributed by atoms with Gasteiger partial charge in [-0.05, 0) is 38.7 Å². The summed E-state index contributed by atoms with van der Waals surface area (Å²) in [5.41, 5.74) is 0.987. The number of ether oxygens (including phenoxy) is 3. The molecular formula is C15H23NO4. The third kappa shape index (κ3) is 4.13. The van der Waals surface area contributed by atoms with E-state index in [2.05, 4.69) is 0 Å². The van der Waals surface area contributed by atoms with E-state index in [1.165, 1.54) is 0 Å². The maximum Gasteiger partial charge on any atom is 0.307 e. The predicted molar refractivity (Wildman–Crippen MR) is 77.2 cm³/mol.